The highest BCUT2D eigenvalue weighted by molar-refractivity contribution is 6.14. The third-order valence-corrected chi connectivity index (χ3v) is 12.2. The van der Waals surface area contributed by atoms with Gasteiger partial charge in [0.1, 0.15) is 11.3 Å². The zero-order chi connectivity index (χ0) is 45.1. The fraction of sp³-hybridized carbons (Fsp3) is 0.0328. The number of aliphatic imine (C=N–C) groups is 1. The molecule has 0 saturated heterocycles. The van der Waals surface area contributed by atoms with E-state index in [2.05, 4.69) is 132 Å². The van der Waals surface area contributed by atoms with Gasteiger partial charge >= 0.3 is 0 Å². The minimum absolute atomic E-state index is 0.676. The Bertz CT molecular complexity index is 3660. The van der Waals surface area contributed by atoms with Crippen molar-refractivity contribution < 1.29 is 4.42 Å². The van der Waals surface area contributed by atoms with E-state index >= 15 is 0 Å². The molecule has 8 aromatic rings. The van der Waals surface area contributed by atoms with Crippen LogP contribution in [0.5, 0.6) is 0 Å². The minimum Gasteiger partial charge on any atom is -0.455 e. The zero-order valence-electron chi connectivity index (χ0n) is 36.7. The van der Waals surface area contributed by atoms with Gasteiger partial charge in [0, 0.05) is 87.0 Å². The van der Waals surface area contributed by atoms with Crippen molar-refractivity contribution >= 4 is 69.9 Å². The summed E-state index contributed by atoms with van der Waals surface area (Å²) >= 11 is 0. The summed E-state index contributed by atoms with van der Waals surface area (Å²) in [4.78, 5) is 18.9. The van der Waals surface area contributed by atoms with Crippen molar-refractivity contribution in [1.82, 2.24) is 19.5 Å². The molecule has 3 aliphatic rings. The summed E-state index contributed by atoms with van der Waals surface area (Å²) in [5.41, 5.74) is 28.7. The lowest BCUT2D eigenvalue weighted by Crippen LogP contribution is -2.03. The second-order valence-corrected chi connectivity index (χ2v) is 16.2. The third-order valence-electron chi connectivity index (χ3n) is 12.2. The van der Waals surface area contributed by atoms with Crippen LogP contribution in [0.2, 0.25) is 0 Å². The highest BCUT2D eigenvalue weighted by atomic mass is 16.3. The van der Waals surface area contributed by atoms with Gasteiger partial charge in [0.05, 0.1) is 39.8 Å². The van der Waals surface area contributed by atoms with Crippen molar-refractivity contribution in [1.29, 1.82) is 0 Å². The van der Waals surface area contributed by atoms with Crippen LogP contribution in [0.3, 0.4) is 0 Å². The Morgan fingerprint density at radius 1 is 0.716 bits per heavy atom. The quantitative estimate of drug-likeness (QED) is 0.128. The van der Waals surface area contributed by atoms with Gasteiger partial charge in [-0.3, -0.25) is 19.9 Å². The minimum atomic E-state index is 0.676. The predicted molar refractivity (Wildman–Crippen MR) is 276 cm³/mol. The van der Waals surface area contributed by atoms with Crippen LogP contribution >= 0.6 is 0 Å². The van der Waals surface area contributed by atoms with E-state index in [0.29, 0.717) is 12.2 Å². The average molecular weight is 860 g/mol. The molecular weight excluding hydrogens is 819 g/mol. The van der Waals surface area contributed by atoms with Gasteiger partial charge in [-0.1, -0.05) is 85.5 Å². The molecule has 0 atom stereocenters. The van der Waals surface area contributed by atoms with E-state index in [4.69, 9.17) is 24.4 Å². The van der Waals surface area contributed by atoms with Crippen LogP contribution in [-0.4, -0.2) is 25.2 Å². The molecule has 6 heterocycles. The first-order valence-electron chi connectivity index (χ1n) is 22.2. The Morgan fingerprint density at radius 2 is 1.45 bits per heavy atom. The molecule has 0 bridgehead atoms. The summed E-state index contributed by atoms with van der Waals surface area (Å²) in [6.45, 7) is 6.54. The molecule has 0 fully saturated rings. The van der Waals surface area contributed by atoms with E-state index in [1.54, 1.807) is 6.20 Å². The molecule has 0 radical (unpaired) electrons. The molecule has 316 valence electrons. The van der Waals surface area contributed by atoms with Crippen molar-refractivity contribution in [3.63, 3.8) is 0 Å². The van der Waals surface area contributed by atoms with Crippen molar-refractivity contribution in [3.8, 4) is 16.9 Å². The summed E-state index contributed by atoms with van der Waals surface area (Å²) in [6.07, 6.45) is 30.6. The van der Waals surface area contributed by atoms with Crippen molar-refractivity contribution in [2.45, 2.75) is 13.3 Å². The van der Waals surface area contributed by atoms with Crippen LogP contribution in [0.1, 0.15) is 67.5 Å². The highest BCUT2D eigenvalue weighted by Gasteiger charge is 2.25. The van der Waals surface area contributed by atoms with Gasteiger partial charge in [0.2, 0.25) is 0 Å². The molecule has 0 N–H and O–H groups in total. The van der Waals surface area contributed by atoms with E-state index in [-0.39, 0.29) is 0 Å². The Morgan fingerprint density at radius 3 is 2.22 bits per heavy atom. The van der Waals surface area contributed by atoms with Gasteiger partial charge in [-0.15, -0.1) is 17.2 Å². The molecule has 3 aromatic carbocycles. The highest BCUT2D eigenvalue weighted by Crippen LogP contribution is 2.41. The first-order chi connectivity index (χ1) is 33.1. The number of hydrogen-bond donors (Lipinski definition) is 0. The Labute approximate surface area is 389 Å². The van der Waals surface area contributed by atoms with Gasteiger partial charge in [-0.25, -0.2) is 0 Å². The van der Waals surface area contributed by atoms with E-state index in [0.717, 1.165) is 112 Å². The smallest absolute Gasteiger partial charge is 0.143 e. The molecule has 6 heteroatoms. The van der Waals surface area contributed by atoms with Gasteiger partial charge in [0.15, 0.2) is 0 Å². The van der Waals surface area contributed by atoms with Crippen LogP contribution in [0.25, 0.3) is 81.1 Å². The molecular formula is C61H41N5O. The van der Waals surface area contributed by atoms with Crippen LogP contribution < -0.4 is 0 Å². The number of hydrogen-bond acceptors (Lipinski definition) is 5. The van der Waals surface area contributed by atoms with Gasteiger partial charge < -0.3 is 8.98 Å². The number of pyridine rings is 3. The molecule has 11 rings (SSSR count). The number of fused-ring (bicyclic) bond motifs is 4. The second kappa shape index (κ2) is 17.8. The third kappa shape index (κ3) is 7.72. The summed E-state index contributed by atoms with van der Waals surface area (Å²) in [6, 6.07) is 39.0. The van der Waals surface area contributed by atoms with Crippen LogP contribution in [-0.2, 0) is 6.42 Å². The number of allylic oxidation sites excluding steroid dienone is 7. The zero-order valence-corrected chi connectivity index (χ0v) is 36.7. The summed E-state index contributed by atoms with van der Waals surface area (Å²) < 4.78 is 9.03. The van der Waals surface area contributed by atoms with Crippen molar-refractivity contribution in [2.75, 3.05) is 0 Å². The lowest BCUT2D eigenvalue weighted by atomic mass is 9.97. The number of aromatic nitrogens is 4. The number of rotatable bonds is 10. The fourth-order valence-corrected chi connectivity index (χ4v) is 9.02. The van der Waals surface area contributed by atoms with Gasteiger partial charge in [-0.2, -0.15) is 0 Å². The van der Waals surface area contributed by atoms with Crippen LogP contribution in [0, 0.1) is 6.92 Å². The molecule has 0 unspecified atom stereocenters. The van der Waals surface area contributed by atoms with Crippen molar-refractivity contribution in [2.24, 2.45) is 4.99 Å². The van der Waals surface area contributed by atoms with Crippen molar-refractivity contribution in [3.05, 3.63) is 262 Å². The molecule has 1 aliphatic heterocycles. The largest absolute Gasteiger partial charge is 0.455 e. The topological polar surface area (TPSA) is 69.1 Å². The van der Waals surface area contributed by atoms with E-state index in [9.17, 15) is 0 Å². The SMILES string of the molecule is C=Cc1c2c(n(-c3cc4c5c(oc4cc3C)C=C=C(c3ccccn3)C(c3ccccn3)=C5)c1/C=C\Cc1ccccc1C1=NC=CC=C=C1)C=CC(c1ccccc1-c1ccccn1)=C=C2. The second-order valence-electron chi connectivity index (χ2n) is 16.2. The van der Waals surface area contributed by atoms with E-state index < -0.39 is 0 Å². The standard InChI is InChI=1S/C61H41N5O/c1-3-44-49-30-28-43(45-20-8-9-22-47(45)54-24-10-14-35-63-54)29-32-58(49)66(57(44)27-17-19-42-18-6-7-21-46(42)53-23-5-4-13-34-62-53)59-40-52-51-39-50(56-26-12-16-37-65-56)48(55-25-11-15-36-64-55)31-33-60(51)67-61(52)38-41(59)2/h3-4,6-18,20-27,29-30,32-40H,1,19H2,2H3/b27-17-. The molecule has 5 aromatic heterocycles. The Balaban J connectivity index is 1.09. The molecule has 2 aliphatic carbocycles. The number of furan rings is 1. The molecule has 0 saturated carbocycles. The summed E-state index contributed by atoms with van der Waals surface area (Å²) in [7, 11) is 0. The molecule has 6 nitrogen and oxygen atoms in total. The molecule has 0 spiro atoms. The number of nitrogens with zero attached hydrogens (tertiary/aromatic N) is 5. The molecule has 67 heavy (non-hydrogen) atoms. The summed E-state index contributed by atoms with van der Waals surface area (Å²) in [5, 5.41) is 0.965. The van der Waals surface area contributed by atoms with E-state index in [1.807, 2.05) is 104 Å². The van der Waals surface area contributed by atoms with E-state index in [1.165, 1.54) is 0 Å². The number of aryl methyl sites for hydroxylation is 1. The first-order valence-corrected chi connectivity index (χ1v) is 22.2. The summed E-state index contributed by atoms with van der Waals surface area (Å²) in [5.74, 6) is 0.713. The lowest BCUT2D eigenvalue weighted by Gasteiger charge is -2.15. The van der Waals surface area contributed by atoms with Crippen LogP contribution in [0.15, 0.2) is 204 Å². The Kier molecular flexibility index (Phi) is 10.8. The predicted octanol–water partition coefficient (Wildman–Crippen LogP) is 14.3. The maximum Gasteiger partial charge on any atom is 0.143 e. The normalized spacial score (nSPS) is 13.7. The lowest BCUT2D eigenvalue weighted by molar-refractivity contribution is 0.603. The fourth-order valence-electron chi connectivity index (χ4n) is 9.02. The molecule has 0 amide bonds. The Hall–Kier alpha value is -9.14. The maximum absolute atomic E-state index is 6.68. The maximum atomic E-state index is 6.68. The van der Waals surface area contributed by atoms with Gasteiger partial charge in [0.25, 0.3) is 0 Å². The monoisotopic (exact) mass is 859 g/mol. The first kappa shape index (κ1) is 40.6. The van der Waals surface area contributed by atoms with Gasteiger partial charge in [-0.05, 0) is 121 Å². The van der Waals surface area contributed by atoms with Crippen LogP contribution in [0.4, 0.5) is 0 Å². The average Bonchev–Trinajstić information content (AvgIpc) is 3.55. The number of benzene rings is 3.